The average Bonchev–Trinajstić information content (AvgIpc) is 0.948. The van der Waals surface area contributed by atoms with Crippen molar-refractivity contribution in [3.05, 3.63) is 35.4 Å². The van der Waals surface area contributed by atoms with Crippen LogP contribution in [0.25, 0.3) is 0 Å². The Bertz CT molecular complexity index is 1730. The summed E-state index contributed by atoms with van der Waals surface area (Å²) >= 11 is 0. The van der Waals surface area contributed by atoms with Crippen LogP contribution < -0.4 is 39.1 Å². The average molecular weight is 1290 g/mol. The summed E-state index contributed by atoms with van der Waals surface area (Å²) < 4.78 is 39.4. The normalized spacial score (nSPS) is 11.3. The monoisotopic (exact) mass is 1290 g/mol. The minimum Gasteiger partial charge on any atom is -0.490 e. The summed E-state index contributed by atoms with van der Waals surface area (Å²) in [6.45, 7) is 18.4. The summed E-state index contributed by atoms with van der Waals surface area (Å²) in [6.07, 6.45) is 65.1. The minimum absolute atomic E-state index is 0.102. The van der Waals surface area contributed by atoms with E-state index in [-0.39, 0.29) is 11.8 Å². The van der Waals surface area contributed by atoms with E-state index in [0.717, 1.165) is 116 Å². The molecule has 0 spiro atoms. The Hall–Kier alpha value is -3.82. The lowest BCUT2D eigenvalue weighted by Gasteiger charge is -2.19. The summed E-state index contributed by atoms with van der Waals surface area (Å²) in [5.41, 5.74) is 1.12. The lowest BCUT2D eigenvalue weighted by Crippen LogP contribution is -2.25. The standard InChI is InChI=1S/C82H148N2O8/c1-7-13-19-25-31-39-47-55-63-87-75-69-73(70-76(88-64-56-48-40-32-26-20-14-8-2)79(75)91-67-59-51-43-35-29-23-17-11-5)81(85)83-61-53-45-37-38-46-54-62-84-82(86)74-71-77(89-65-57-49-41-33-27-21-15-9-3)80(92-68-60-52-44-36-30-24-18-12-6)78(72-74)90-66-58-50-42-34-28-22-16-10-4/h69-72H,7-68H2,1-6H3,(H,83,85)(H,84,86). The van der Waals surface area contributed by atoms with Gasteiger partial charge in [-0.2, -0.15) is 0 Å². The van der Waals surface area contributed by atoms with Crippen LogP contribution in [0.2, 0.25) is 0 Å². The number of benzene rings is 2. The second kappa shape index (κ2) is 64.5. The molecule has 0 heterocycles. The maximum absolute atomic E-state index is 14.0. The molecule has 2 aromatic rings. The van der Waals surface area contributed by atoms with Gasteiger partial charge in [-0.25, -0.2) is 0 Å². The summed E-state index contributed by atoms with van der Waals surface area (Å²) in [5, 5.41) is 6.46. The lowest BCUT2D eigenvalue weighted by molar-refractivity contribution is 0.0943. The highest BCUT2D eigenvalue weighted by Crippen LogP contribution is 2.41. The van der Waals surface area contributed by atoms with Crippen molar-refractivity contribution in [3.8, 4) is 34.5 Å². The number of rotatable bonds is 71. The highest BCUT2D eigenvalue weighted by atomic mass is 16.5. The van der Waals surface area contributed by atoms with E-state index in [9.17, 15) is 9.59 Å². The second-order valence-corrected chi connectivity index (χ2v) is 27.2. The zero-order chi connectivity index (χ0) is 66.1. The van der Waals surface area contributed by atoms with Crippen LogP contribution in [-0.4, -0.2) is 64.5 Å². The van der Waals surface area contributed by atoms with Crippen molar-refractivity contribution in [2.24, 2.45) is 0 Å². The van der Waals surface area contributed by atoms with E-state index in [2.05, 4.69) is 52.2 Å². The van der Waals surface area contributed by atoms with Crippen LogP contribution in [0.4, 0.5) is 0 Å². The van der Waals surface area contributed by atoms with Crippen LogP contribution in [0.5, 0.6) is 34.5 Å². The Morgan fingerprint density at radius 2 is 0.391 bits per heavy atom. The number of ether oxygens (including phenoxy) is 6. The molecule has 2 amide bonds. The van der Waals surface area contributed by atoms with Gasteiger partial charge in [0.1, 0.15) is 0 Å². The Kier molecular flexibility index (Phi) is 59.1. The molecule has 534 valence electrons. The van der Waals surface area contributed by atoms with E-state index in [1.54, 1.807) is 0 Å². The number of carbonyl (C=O) groups excluding carboxylic acids is 2. The van der Waals surface area contributed by atoms with Gasteiger partial charge in [0.25, 0.3) is 11.8 Å². The molecule has 2 aromatic carbocycles. The molecule has 0 fully saturated rings. The summed E-state index contributed by atoms with van der Waals surface area (Å²) in [7, 11) is 0. The van der Waals surface area contributed by atoms with E-state index in [4.69, 9.17) is 28.4 Å². The van der Waals surface area contributed by atoms with E-state index in [1.165, 1.54) is 231 Å². The van der Waals surface area contributed by atoms with Gasteiger partial charge < -0.3 is 39.1 Å². The van der Waals surface area contributed by atoms with Crippen LogP contribution in [0, 0.1) is 0 Å². The van der Waals surface area contributed by atoms with Crippen LogP contribution in [0.3, 0.4) is 0 Å². The Morgan fingerprint density at radius 3 is 0.587 bits per heavy atom. The van der Waals surface area contributed by atoms with Gasteiger partial charge in [-0.05, 0) is 75.6 Å². The number of carbonyl (C=O) groups is 2. The first kappa shape index (κ1) is 84.3. The fourth-order valence-corrected chi connectivity index (χ4v) is 12.2. The predicted molar refractivity (Wildman–Crippen MR) is 394 cm³/mol. The lowest BCUT2D eigenvalue weighted by atomic mass is 10.1. The van der Waals surface area contributed by atoms with Gasteiger partial charge in [0.15, 0.2) is 23.0 Å². The van der Waals surface area contributed by atoms with E-state index < -0.39 is 0 Å². The van der Waals surface area contributed by atoms with E-state index in [0.29, 0.717) is 98.4 Å². The van der Waals surface area contributed by atoms with Gasteiger partial charge in [0, 0.05) is 24.2 Å². The second-order valence-electron chi connectivity index (χ2n) is 27.2. The number of nitrogens with one attached hydrogen (secondary N) is 2. The molecule has 0 aliphatic rings. The first-order valence-electron chi connectivity index (χ1n) is 40.1. The topological polar surface area (TPSA) is 114 Å². The van der Waals surface area contributed by atoms with Gasteiger partial charge >= 0.3 is 0 Å². The van der Waals surface area contributed by atoms with Crippen LogP contribution in [0.15, 0.2) is 24.3 Å². The third-order valence-electron chi connectivity index (χ3n) is 18.3. The SMILES string of the molecule is CCCCCCCCCCOc1cc(C(=O)NCCCCCCCCNC(=O)c2cc(OCCCCCCCCCC)c(OCCCCCCCCCC)c(OCCCCCCCCCC)c2)cc(OCCCCCCCCCC)c1OCCCCCCCCCC. The van der Waals surface area contributed by atoms with Gasteiger partial charge in [-0.1, -0.05) is 337 Å². The molecule has 92 heavy (non-hydrogen) atoms. The van der Waals surface area contributed by atoms with Crippen molar-refractivity contribution in [3.63, 3.8) is 0 Å². The molecule has 0 aliphatic heterocycles. The molecule has 0 radical (unpaired) electrons. The molecule has 2 rings (SSSR count). The molecule has 0 aliphatic carbocycles. The smallest absolute Gasteiger partial charge is 0.251 e. The molecule has 2 N–H and O–H groups in total. The third-order valence-corrected chi connectivity index (χ3v) is 18.3. The summed E-state index contributed by atoms with van der Waals surface area (Å²) in [4.78, 5) is 27.9. The van der Waals surface area contributed by atoms with Crippen molar-refractivity contribution in [2.75, 3.05) is 52.7 Å². The number of hydrogen-bond donors (Lipinski definition) is 2. The van der Waals surface area contributed by atoms with Gasteiger partial charge in [-0.3, -0.25) is 9.59 Å². The minimum atomic E-state index is -0.102. The fraction of sp³-hybridized carbons (Fsp3) is 0.829. The molecule has 0 bridgehead atoms. The van der Waals surface area contributed by atoms with Crippen LogP contribution in [-0.2, 0) is 0 Å². The Balaban J connectivity index is 2.08. The first-order valence-corrected chi connectivity index (χ1v) is 40.1. The van der Waals surface area contributed by atoms with Crippen molar-refractivity contribution in [1.82, 2.24) is 10.6 Å². The van der Waals surface area contributed by atoms with E-state index in [1.807, 2.05) is 24.3 Å². The first-order chi connectivity index (χ1) is 45.4. The molecule has 0 atom stereocenters. The van der Waals surface area contributed by atoms with E-state index >= 15 is 0 Å². The molecule has 0 saturated carbocycles. The van der Waals surface area contributed by atoms with Crippen molar-refractivity contribution in [1.29, 1.82) is 0 Å². The maximum atomic E-state index is 14.0. The number of unbranched alkanes of at least 4 members (excludes halogenated alkanes) is 47. The zero-order valence-corrected chi connectivity index (χ0v) is 61.4. The van der Waals surface area contributed by atoms with Crippen LogP contribution in [0.1, 0.15) is 409 Å². The molecule has 0 unspecified atom stereocenters. The Labute approximate surface area is 568 Å². The number of hydrogen-bond acceptors (Lipinski definition) is 8. The quantitative estimate of drug-likeness (QED) is 0.0630. The van der Waals surface area contributed by atoms with Crippen LogP contribution >= 0.6 is 0 Å². The molecule has 10 heteroatoms. The van der Waals surface area contributed by atoms with Crippen molar-refractivity contribution in [2.45, 2.75) is 388 Å². The van der Waals surface area contributed by atoms with Gasteiger partial charge in [0.2, 0.25) is 11.5 Å². The highest BCUT2D eigenvalue weighted by molar-refractivity contribution is 5.96. The molecule has 0 aromatic heterocycles. The molecular weight excluding hydrogens is 1140 g/mol. The fourth-order valence-electron chi connectivity index (χ4n) is 12.2. The van der Waals surface area contributed by atoms with Gasteiger partial charge in [0.05, 0.1) is 39.6 Å². The third kappa shape index (κ3) is 47.1. The Morgan fingerprint density at radius 1 is 0.228 bits per heavy atom. The largest absolute Gasteiger partial charge is 0.490 e. The van der Waals surface area contributed by atoms with Gasteiger partial charge in [-0.15, -0.1) is 0 Å². The predicted octanol–water partition coefficient (Wildman–Crippen LogP) is 25.3. The molecule has 10 nitrogen and oxygen atoms in total. The zero-order valence-electron chi connectivity index (χ0n) is 61.4. The summed E-state index contributed by atoms with van der Waals surface area (Å²) in [6, 6.07) is 7.57. The molecule has 0 saturated heterocycles. The maximum Gasteiger partial charge on any atom is 0.251 e. The summed E-state index contributed by atoms with van der Waals surface area (Å²) in [5.74, 6) is 3.60. The van der Waals surface area contributed by atoms with Crippen molar-refractivity contribution < 1.29 is 38.0 Å². The highest BCUT2D eigenvalue weighted by Gasteiger charge is 2.21. The number of amides is 2. The van der Waals surface area contributed by atoms with Crippen molar-refractivity contribution >= 4 is 11.8 Å². The molecular formula is C82H148N2O8.